The van der Waals surface area contributed by atoms with Gasteiger partial charge in [-0.3, -0.25) is 0 Å². The van der Waals surface area contributed by atoms with Crippen LogP contribution in [0.25, 0.3) is 22.2 Å². The van der Waals surface area contributed by atoms with E-state index in [2.05, 4.69) is 27.8 Å². The molecule has 3 N–H and O–H groups in total. The molecule has 2 amide bonds. The average Bonchev–Trinajstić information content (AvgIpc) is 3.08. The number of halogens is 1. The van der Waals surface area contributed by atoms with Gasteiger partial charge in [0, 0.05) is 32.9 Å². The number of para-hydroxylation sites is 2. The van der Waals surface area contributed by atoms with Gasteiger partial charge in [-0.05, 0) is 42.5 Å². The molecule has 0 aliphatic rings. The van der Waals surface area contributed by atoms with E-state index in [-0.39, 0.29) is 6.03 Å². The fraction of sp³-hybridized carbons (Fsp3) is 0. The normalized spacial score (nSPS) is 10.7. The van der Waals surface area contributed by atoms with E-state index in [1.54, 1.807) is 24.3 Å². The van der Waals surface area contributed by atoms with E-state index in [1.807, 2.05) is 42.5 Å². The number of urea groups is 1. The molecular weight excluding hydrogens is 346 g/mol. The Morgan fingerprint density at radius 3 is 2.38 bits per heavy atom. The second-order valence-electron chi connectivity index (χ2n) is 5.90. The lowest BCUT2D eigenvalue weighted by molar-refractivity contribution is 0.262. The molecule has 4 nitrogen and oxygen atoms in total. The van der Waals surface area contributed by atoms with Crippen LogP contribution in [0.2, 0.25) is 5.02 Å². The van der Waals surface area contributed by atoms with E-state index in [9.17, 15) is 4.79 Å². The van der Waals surface area contributed by atoms with Crippen LogP contribution >= 0.6 is 11.6 Å². The molecule has 0 bridgehead atoms. The molecule has 4 rings (SSSR count). The number of carbonyl (C=O) groups excluding carboxylic acids is 1. The van der Waals surface area contributed by atoms with Crippen molar-refractivity contribution >= 4 is 39.9 Å². The van der Waals surface area contributed by atoms with Crippen LogP contribution in [0.3, 0.4) is 0 Å². The number of hydrogen-bond donors (Lipinski definition) is 3. The number of carbonyl (C=O) groups is 1. The Hall–Kier alpha value is -3.24. The lowest BCUT2D eigenvalue weighted by Gasteiger charge is -2.11. The van der Waals surface area contributed by atoms with Crippen molar-refractivity contribution in [3.05, 3.63) is 83.9 Å². The summed E-state index contributed by atoms with van der Waals surface area (Å²) in [6, 6.07) is 24.5. The number of amides is 2. The maximum atomic E-state index is 12.4. The molecule has 4 aromatic rings. The Kier molecular flexibility index (Phi) is 4.33. The Bertz CT molecular complexity index is 1040. The first-order valence-electron chi connectivity index (χ1n) is 8.20. The summed E-state index contributed by atoms with van der Waals surface area (Å²) < 4.78 is 0. The molecule has 0 aliphatic carbocycles. The summed E-state index contributed by atoms with van der Waals surface area (Å²) in [7, 11) is 0. The first-order chi connectivity index (χ1) is 12.7. The van der Waals surface area contributed by atoms with Crippen LogP contribution < -0.4 is 10.6 Å². The summed E-state index contributed by atoms with van der Waals surface area (Å²) in [6.45, 7) is 0. The number of aromatic amines is 1. The highest BCUT2D eigenvalue weighted by molar-refractivity contribution is 6.30. The number of nitrogens with one attached hydrogen (secondary N) is 3. The zero-order chi connectivity index (χ0) is 17.9. The van der Waals surface area contributed by atoms with Gasteiger partial charge in [0.25, 0.3) is 0 Å². The van der Waals surface area contributed by atoms with Gasteiger partial charge in [0.05, 0.1) is 5.69 Å². The minimum Gasteiger partial charge on any atom is -0.354 e. The predicted molar refractivity (Wildman–Crippen MR) is 108 cm³/mol. The van der Waals surface area contributed by atoms with Crippen molar-refractivity contribution in [2.75, 3.05) is 10.6 Å². The van der Waals surface area contributed by atoms with Gasteiger partial charge in [0.15, 0.2) is 0 Å². The lowest BCUT2D eigenvalue weighted by Crippen LogP contribution is -2.19. The largest absolute Gasteiger partial charge is 0.354 e. The molecule has 26 heavy (non-hydrogen) atoms. The van der Waals surface area contributed by atoms with Crippen LogP contribution in [0.1, 0.15) is 0 Å². The average molecular weight is 362 g/mol. The minimum absolute atomic E-state index is 0.309. The van der Waals surface area contributed by atoms with E-state index in [4.69, 9.17) is 11.6 Å². The third-order valence-electron chi connectivity index (χ3n) is 4.10. The van der Waals surface area contributed by atoms with Crippen LogP contribution in [0, 0.1) is 0 Å². The maximum Gasteiger partial charge on any atom is 0.323 e. The predicted octanol–water partition coefficient (Wildman–Crippen LogP) is 6.13. The minimum atomic E-state index is -0.309. The fourth-order valence-corrected chi connectivity index (χ4v) is 2.99. The van der Waals surface area contributed by atoms with Crippen molar-refractivity contribution in [1.82, 2.24) is 4.98 Å². The van der Waals surface area contributed by atoms with Crippen molar-refractivity contribution in [3.8, 4) is 11.3 Å². The molecule has 1 heterocycles. The summed E-state index contributed by atoms with van der Waals surface area (Å²) in [5.41, 5.74) is 4.34. The molecule has 0 saturated carbocycles. The van der Waals surface area contributed by atoms with Crippen molar-refractivity contribution in [3.63, 3.8) is 0 Å². The van der Waals surface area contributed by atoms with E-state index >= 15 is 0 Å². The monoisotopic (exact) mass is 361 g/mol. The highest BCUT2D eigenvalue weighted by Gasteiger charge is 2.10. The van der Waals surface area contributed by atoms with Gasteiger partial charge in [-0.1, -0.05) is 48.0 Å². The second-order valence-corrected chi connectivity index (χ2v) is 6.34. The molecule has 0 atom stereocenters. The SMILES string of the molecule is O=C(Nc1ccc(Cl)cc1)Nc1ccccc1-c1cc2ccccc2[nH]1. The number of hydrogen-bond acceptors (Lipinski definition) is 1. The molecule has 3 aromatic carbocycles. The first-order valence-corrected chi connectivity index (χ1v) is 8.57. The molecule has 5 heteroatoms. The molecule has 0 fully saturated rings. The molecule has 0 aliphatic heterocycles. The molecule has 0 spiro atoms. The Morgan fingerprint density at radius 1 is 0.846 bits per heavy atom. The topological polar surface area (TPSA) is 56.9 Å². The zero-order valence-electron chi connectivity index (χ0n) is 13.8. The highest BCUT2D eigenvalue weighted by atomic mass is 35.5. The van der Waals surface area contributed by atoms with Crippen LogP contribution in [0.5, 0.6) is 0 Å². The number of rotatable bonds is 3. The third-order valence-corrected chi connectivity index (χ3v) is 4.35. The van der Waals surface area contributed by atoms with Gasteiger partial charge < -0.3 is 15.6 Å². The molecule has 0 radical (unpaired) electrons. The fourth-order valence-electron chi connectivity index (χ4n) is 2.86. The quantitative estimate of drug-likeness (QED) is 0.403. The van der Waals surface area contributed by atoms with E-state index < -0.39 is 0 Å². The Balaban J connectivity index is 1.59. The van der Waals surface area contributed by atoms with Gasteiger partial charge in [0.1, 0.15) is 0 Å². The Morgan fingerprint density at radius 2 is 1.58 bits per heavy atom. The highest BCUT2D eigenvalue weighted by Crippen LogP contribution is 2.30. The number of benzene rings is 3. The molecule has 0 saturated heterocycles. The van der Waals surface area contributed by atoms with E-state index in [1.165, 1.54) is 0 Å². The summed E-state index contributed by atoms with van der Waals surface area (Å²) >= 11 is 5.87. The van der Waals surface area contributed by atoms with Crippen molar-refractivity contribution < 1.29 is 4.79 Å². The van der Waals surface area contributed by atoms with Crippen LogP contribution in [-0.2, 0) is 0 Å². The molecule has 1 aromatic heterocycles. The van der Waals surface area contributed by atoms with Gasteiger partial charge in [-0.2, -0.15) is 0 Å². The van der Waals surface area contributed by atoms with E-state index in [0.29, 0.717) is 10.7 Å². The smallest absolute Gasteiger partial charge is 0.323 e. The summed E-state index contributed by atoms with van der Waals surface area (Å²) in [5, 5.41) is 7.47. The summed E-state index contributed by atoms with van der Waals surface area (Å²) in [4.78, 5) is 15.8. The number of anilines is 2. The van der Waals surface area contributed by atoms with Crippen molar-refractivity contribution in [1.29, 1.82) is 0 Å². The Labute approximate surface area is 155 Å². The number of H-pyrrole nitrogens is 1. The van der Waals surface area contributed by atoms with Gasteiger partial charge in [-0.15, -0.1) is 0 Å². The molecule has 0 unspecified atom stereocenters. The standard InChI is InChI=1S/C21H16ClN3O/c22-15-9-11-16(12-10-15)23-21(26)25-19-8-4-2-6-17(19)20-13-14-5-1-3-7-18(14)24-20/h1-13,24H,(H2,23,25,26). The van der Waals surface area contributed by atoms with Crippen LogP contribution in [-0.4, -0.2) is 11.0 Å². The van der Waals surface area contributed by atoms with Crippen LogP contribution in [0.4, 0.5) is 16.2 Å². The summed E-state index contributed by atoms with van der Waals surface area (Å²) in [6.07, 6.45) is 0. The van der Waals surface area contributed by atoms with Crippen LogP contribution in [0.15, 0.2) is 78.9 Å². The van der Waals surface area contributed by atoms with Gasteiger partial charge in [0.2, 0.25) is 0 Å². The molecular formula is C21H16ClN3O. The number of fused-ring (bicyclic) bond motifs is 1. The number of aromatic nitrogens is 1. The van der Waals surface area contributed by atoms with Gasteiger partial charge in [-0.25, -0.2) is 4.79 Å². The maximum absolute atomic E-state index is 12.4. The van der Waals surface area contributed by atoms with E-state index in [0.717, 1.165) is 27.8 Å². The van der Waals surface area contributed by atoms with Crippen molar-refractivity contribution in [2.45, 2.75) is 0 Å². The lowest BCUT2D eigenvalue weighted by atomic mass is 10.1. The zero-order valence-corrected chi connectivity index (χ0v) is 14.5. The summed E-state index contributed by atoms with van der Waals surface area (Å²) in [5.74, 6) is 0. The van der Waals surface area contributed by atoms with Gasteiger partial charge >= 0.3 is 6.03 Å². The first kappa shape index (κ1) is 16.2. The third kappa shape index (κ3) is 3.41. The van der Waals surface area contributed by atoms with Crippen molar-refractivity contribution in [2.24, 2.45) is 0 Å². The second kappa shape index (κ2) is 6.94. The molecule has 128 valence electrons.